The molecule has 0 fully saturated rings. The molecule has 7 heteroatoms. The SMILES string of the molecule is CCOC(CCOCCOCC(C)C(=O)OCCN(C)C)OCC. The molecule has 144 valence electrons. The highest BCUT2D eigenvalue weighted by Gasteiger charge is 2.14. The van der Waals surface area contributed by atoms with Crippen molar-refractivity contribution in [2.45, 2.75) is 33.5 Å². The maximum absolute atomic E-state index is 11.7. The van der Waals surface area contributed by atoms with Gasteiger partial charge in [0, 0.05) is 26.2 Å². The number of carbonyl (C=O) groups is 1. The Morgan fingerprint density at radius 1 is 0.958 bits per heavy atom. The van der Waals surface area contributed by atoms with Crippen LogP contribution in [0.25, 0.3) is 0 Å². The van der Waals surface area contributed by atoms with E-state index in [9.17, 15) is 4.79 Å². The Hall–Kier alpha value is -0.730. The largest absolute Gasteiger partial charge is 0.464 e. The van der Waals surface area contributed by atoms with Crippen LogP contribution < -0.4 is 0 Å². The Labute approximate surface area is 146 Å². The Morgan fingerprint density at radius 2 is 1.58 bits per heavy atom. The summed E-state index contributed by atoms with van der Waals surface area (Å²) in [6.07, 6.45) is 0.480. The smallest absolute Gasteiger partial charge is 0.311 e. The number of rotatable bonds is 16. The number of hydrogen-bond donors (Lipinski definition) is 0. The lowest BCUT2D eigenvalue weighted by molar-refractivity contribution is -0.151. The zero-order valence-corrected chi connectivity index (χ0v) is 15.9. The summed E-state index contributed by atoms with van der Waals surface area (Å²) in [6, 6.07) is 0. The second-order valence-electron chi connectivity index (χ2n) is 5.69. The van der Waals surface area contributed by atoms with Crippen molar-refractivity contribution in [1.82, 2.24) is 4.90 Å². The van der Waals surface area contributed by atoms with Crippen molar-refractivity contribution in [3.05, 3.63) is 0 Å². The highest BCUT2D eigenvalue weighted by atomic mass is 16.7. The lowest BCUT2D eigenvalue weighted by Crippen LogP contribution is -2.25. The molecule has 7 nitrogen and oxygen atoms in total. The second-order valence-corrected chi connectivity index (χ2v) is 5.69. The fourth-order valence-electron chi connectivity index (χ4n) is 1.79. The lowest BCUT2D eigenvalue weighted by Gasteiger charge is -2.17. The monoisotopic (exact) mass is 349 g/mol. The molecule has 0 rings (SSSR count). The van der Waals surface area contributed by atoms with Gasteiger partial charge in [-0.3, -0.25) is 4.79 Å². The van der Waals surface area contributed by atoms with Crippen LogP contribution in [0.4, 0.5) is 0 Å². The van der Waals surface area contributed by atoms with Crippen molar-refractivity contribution in [3.63, 3.8) is 0 Å². The molecule has 0 aromatic rings. The van der Waals surface area contributed by atoms with E-state index in [1.807, 2.05) is 32.8 Å². The molecule has 0 amide bonds. The van der Waals surface area contributed by atoms with Gasteiger partial charge in [0.1, 0.15) is 6.61 Å². The van der Waals surface area contributed by atoms with E-state index in [0.29, 0.717) is 52.7 Å². The lowest BCUT2D eigenvalue weighted by atomic mass is 10.2. The molecule has 24 heavy (non-hydrogen) atoms. The average molecular weight is 349 g/mol. The minimum atomic E-state index is -0.271. The zero-order valence-electron chi connectivity index (χ0n) is 15.9. The minimum Gasteiger partial charge on any atom is -0.464 e. The first-order chi connectivity index (χ1) is 11.5. The van der Waals surface area contributed by atoms with E-state index < -0.39 is 0 Å². The highest BCUT2D eigenvalue weighted by molar-refractivity contribution is 5.72. The number of likely N-dealkylation sites (N-methyl/N-ethyl adjacent to an activating group) is 1. The Balaban J connectivity index is 3.55. The molecule has 0 bridgehead atoms. The van der Waals surface area contributed by atoms with Crippen molar-refractivity contribution in [2.24, 2.45) is 5.92 Å². The van der Waals surface area contributed by atoms with Gasteiger partial charge in [0.2, 0.25) is 0 Å². The van der Waals surface area contributed by atoms with Crippen LogP contribution in [0, 0.1) is 5.92 Å². The fraction of sp³-hybridized carbons (Fsp3) is 0.941. The fourth-order valence-corrected chi connectivity index (χ4v) is 1.79. The Morgan fingerprint density at radius 3 is 2.17 bits per heavy atom. The van der Waals surface area contributed by atoms with Crippen molar-refractivity contribution in [3.8, 4) is 0 Å². The Bertz CT molecular complexity index is 295. The topological polar surface area (TPSA) is 66.5 Å². The predicted molar refractivity (Wildman–Crippen MR) is 92.0 cm³/mol. The van der Waals surface area contributed by atoms with Crippen LogP contribution in [0.2, 0.25) is 0 Å². The molecule has 1 atom stereocenters. The van der Waals surface area contributed by atoms with E-state index in [2.05, 4.69) is 0 Å². The van der Waals surface area contributed by atoms with E-state index >= 15 is 0 Å². The summed E-state index contributed by atoms with van der Waals surface area (Å²) in [5.41, 5.74) is 0. The van der Waals surface area contributed by atoms with Gasteiger partial charge in [-0.25, -0.2) is 0 Å². The molecule has 0 aliphatic rings. The first-order valence-corrected chi connectivity index (χ1v) is 8.71. The predicted octanol–water partition coefficient (Wildman–Crippen LogP) is 1.55. The zero-order chi connectivity index (χ0) is 18.2. The van der Waals surface area contributed by atoms with Crippen LogP contribution in [0.1, 0.15) is 27.2 Å². The van der Waals surface area contributed by atoms with Crippen molar-refractivity contribution < 1.29 is 28.5 Å². The number of nitrogens with zero attached hydrogens (tertiary/aromatic N) is 1. The molecule has 0 aliphatic carbocycles. The molecule has 0 aromatic carbocycles. The third-order valence-electron chi connectivity index (χ3n) is 3.13. The molecular weight excluding hydrogens is 314 g/mol. The third kappa shape index (κ3) is 13.7. The summed E-state index contributed by atoms with van der Waals surface area (Å²) in [6.45, 7) is 9.86. The molecule has 0 N–H and O–H groups in total. The van der Waals surface area contributed by atoms with Gasteiger partial charge < -0.3 is 28.6 Å². The average Bonchev–Trinajstić information content (AvgIpc) is 2.53. The van der Waals surface area contributed by atoms with Gasteiger partial charge in [-0.1, -0.05) is 0 Å². The maximum atomic E-state index is 11.7. The quantitative estimate of drug-likeness (QED) is 0.238. The summed E-state index contributed by atoms with van der Waals surface area (Å²) in [5.74, 6) is -0.499. The highest BCUT2D eigenvalue weighted by Crippen LogP contribution is 2.02. The molecule has 0 aliphatic heterocycles. The summed E-state index contributed by atoms with van der Waals surface area (Å²) in [5, 5.41) is 0. The number of esters is 1. The van der Waals surface area contributed by atoms with Crippen molar-refractivity contribution in [1.29, 1.82) is 0 Å². The molecule has 1 unspecified atom stereocenters. The van der Waals surface area contributed by atoms with Crippen molar-refractivity contribution >= 4 is 5.97 Å². The Kier molecular flexibility index (Phi) is 15.3. The number of carbonyl (C=O) groups excluding carboxylic acids is 1. The van der Waals surface area contributed by atoms with Crippen LogP contribution in [0.5, 0.6) is 0 Å². The normalized spacial score (nSPS) is 12.8. The summed E-state index contributed by atoms with van der Waals surface area (Å²) >= 11 is 0. The van der Waals surface area contributed by atoms with Crippen LogP contribution in [-0.4, -0.2) is 84.0 Å². The first kappa shape index (κ1) is 23.3. The van der Waals surface area contributed by atoms with Crippen LogP contribution in [0.15, 0.2) is 0 Å². The van der Waals surface area contributed by atoms with E-state index in [-0.39, 0.29) is 18.2 Å². The molecule has 0 aromatic heterocycles. The van der Waals surface area contributed by atoms with Gasteiger partial charge in [-0.2, -0.15) is 0 Å². The van der Waals surface area contributed by atoms with Crippen molar-refractivity contribution in [2.75, 3.05) is 66.9 Å². The van der Waals surface area contributed by atoms with E-state index in [4.69, 9.17) is 23.7 Å². The van der Waals surface area contributed by atoms with Crippen LogP contribution in [0.3, 0.4) is 0 Å². The molecule has 0 saturated heterocycles. The molecule has 0 radical (unpaired) electrons. The van der Waals surface area contributed by atoms with Gasteiger partial charge in [0.15, 0.2) is 6.29 Å². The molecular formula is C17H35NO6. The van der Waals surface area contributed by atoms with Gasteiger partial charge in [0.25, 0.3) is 0 Å². The second kappa shape index (κ2) is 15.8. The van der Waals surface area contributed by atoms with Gasteiger partial charge in [-0.15, -0.1) is 0 Å². The van der Waals surface area contributed by atoms with E-state index in [1.165, 1.54) is 0 Å². The van der Waals surface area contributed by atoms with Gasteiger partial charge in [0.05, 0.1) is 32.3 Å². The third-order valence-corrected chi connectivity index (χ3v) is 3.13. The summed E-state index contributed by atoms with van der Waals surface area (Å²) < 4.78 is 26.9. The van der Waals surface area contributed by atoms with E-state index in [1.54, 1.807) is 6.92 Å². The minimum absolute atomic E-state index is 0.210. The standard InChI is InChI=1S/C17H35NO6/c1-6-22-16(23-7-2)8-10-20-12-13-21-14-15(3)17(19)24-11-9-18(4)5/h15-16H,6-14H2,1-5H3. The maximum Gasteiger partial charge on any atom is 0.311 e. The molecule has 0 heterocycles. The molecule has 0 spiro atoms. The summed E-state index contributed by atoms with van der Waals surface area (Å²) in [4.78, 5) is 13.7. The number of ether oxygens (including phenoxy) is 5. The van der Waals surface area contributed by atoms with Gasteiger partial charge >= 0.3 is 5.97 Å². The number of hydrogen-bond acceptors (Lipinski definition) is 7. The van der Waals surface area contributed by atoms with Crippen LogP contribution in [-0.2, 0) is 28.5 Å². The van der Waals surface area contributed by atoms with Gasteiger partial charge in [-0.05, 0) is 34.9 Å². The van der Waals surface area contributed by atoms with E-state index in [0.717, 1.165) is 6.54 Å². The summed E-state index contributed by atoms with van der Waals surface area (Å²) in [7, 11) is 3.87. The van der Waals surface area contributed by atoms with Crippen LogP contribution >= 0.6 is 0 Å². The molecule has 0 saturated carbocycles. The first-order valence-electron chi connectivity index (χ1n) is 8.71.